The molecule has 1 N–H and O–H groups in total. The maximum atomic E-state index is 12.8. The van der Waals surface area contributed by atoms with E-state index in [0.29, 0.717) is 0 Å². The summed E-state index contributed by atoms with van der Waals surface area (Å²) >= 11 is 0. The zero-order valence-corrected chi connectivity index (χ0v) is 11.1. The van der Waals surface area contributed by atoms with Crippen molar-refractivity contribution in [2.75, 3.05) is 6.54 Å². The normalized spacial score (nSPS) is 12.5. The Hall–Kier alpha value is -1.75. The third kappa shape index (κ3) is 4.13. The molecule has 2 aromatic heterocycles. The summed E-state index contributed by atoms with van der Waals surface area (Å²) in [5.74, 6) is -0.294. The highest BCUT2D eigenvalue weighted by atomic mass is 19.1. The summed E-state index contributed by atoms with van der Waals surface area (Å²) in [6.45, 7) is 3.88. The molecule has 0 radical (unpaired) electrons. The zero-order valence-electron chi connectivity index (χ0n) is 11.1. The van der Waals surface area contributed by atoms with Crippen LogP contribution in [-0.2, 0) is 6.54 Å². The number of nitrogens with one attached hydrogen (secondary N) is 1. The van der Waals surface area contributed by atoms with Gasteiger partial charge in [-0.25, -0.2) is 4.39 Å². The second kappa shape index (κ2) is 6.99. The fourth-order valence-electron chi connectivity index (χ4n) is 2.00. The first-order chi connectivity index (χ1) is 9.29. The van der Waals surface area contributed by atoms with Crippen molar-refractivity contribution >= 4 is 0 Å². The van der Waals surface area contributed by atoms with Gasteiger partial charge in [0.2, 0.25) is 0 Å². The lowest BCUT2D eigenvalue weighted by Crippen LogP contribution is -2.23. The Kier molecular flexibility index (Phi) is 5.03. The highest BCUT2D eigenvalue weighted by molar-refractivity contribution is 5.09. The number of aryl methyl sites for hydroxylation is 1. The van der Waals surface area contributed by atoms with E-state index >= 15 is 0 Å². The summed E-state index contributed by atoms with van der Waals surface area (Å²) in [5, 5.41) is 7.60. The van der Waals surface area contributed by atoms with Gasteiger partial charge >= 0.3 is 0 Å². The van der Waals surface area contributed by atoms with Crippen molar-refractivity contribution in [3.05, 3.63) is 48.3 Å². The van der Waals surface area contributed by atoms with Crippen LogP contribution in [0.25, 0.3) is 0 Å². The third-order valence-corrected chi connectivity index (χ3v) is 3.03. The van der Waals surface area contributed by atoms with Crippen molar-refractivity contribution in [2.45, 2.75) is 32.4 Å². The fourth-order valence-corrected chi connectivity index (χ4v) is 2.00. The van der Waals surface area contributed by atoms with Gasteiger partial charge in [0.15, 0.2) is 0 Å². The number of hydrogen-bond donors (Lipinski definition) is 1. The van der Waals surface area contributed by atoms with Gasteiger partial charge in [-0.05, 0) is 37.6 Å². The summed E-state index contributed by atoms with van der Waals surface area (Å²) in [4.78, 5) is 4.12. The largest absolute Gasteiger partial charge is 0.309 e. The lowest BCUT2D eigenvalue weighted by atomic mass is 10.1. The van der Waals surface area contributed by atoms with Gasteiger partial charge in [0.25, 0.3) is 0 Å². The van der Waals surface area contributed by atoms with E-state index in [1.54, 1.807) is 12.3 Å². The summed E-state index contributed by atoms with van der Waals surface area (Å²) in [6.07, 6.45) is 6.94. The van der Waals surface area contributed by atoms with E-state index in [1.165, 1.54) is 12.3 Å². The van der Waals surface area contributed by atoms with E-state index in [4.69, 9.17) is 0 Å². The van der Waals surface area contributed by atoms with Crippen molar-refractivity contribution in [2.24, 2.45) is 0 Å². The van der Waals surface area contributed by atoms with Gasteiger partial charge in [0, 0.05) is 25.0 Å². The number of halogens is 1. The van der Waals surface area contributed by atoms with Crippen LogP contribution in [0, 0.1) is 5.82 Å². The van der Waals surface area contributed by atoms with Gasteiger partial charge in [-0.3, -0.25) is 9.67 Å². The van der Waals surface area contributed by atoms with E-state index < -0.39 is 0 Å². The summed E-state index contributed by atoms with van der Waals surface area (Å²) in [5.41, 5.74) is 0.892. The smallest absolute Gasteiger partial charge is 0.141 e. The predicted molar refractivity (Wildman–Crippen MR) is 72.1 cm³/mol. The molecule has 0 aliphatic heterocycles. The summed E-state index contributed by atoms with van der Waals surface area (Å²) in [7, 11) is 0. The molecule has 0 aromatic carbocycles. The van der Waals surface area contributed by atoms with E-state index in [9.17, 15) is 4.39 Å². The van der Waals surface area contributed by atoms with Crippen molar-refractivity contribution < 1.29 is 4.39 Å². The third-order valence-electron chi connectivity index (χ3n) is 3.03. The number of rotatable bonds is 7. The molecule has 0 aliphatic rings. The average Bonchev–Trinajstić information content (AvgIpc) is 2.93. The van der Waals surface area contributed by atoms with Crippen molar-refractivity contribution in [1.29, 1.82) is 0 Å². The van der Waals surface area contributed by atoms with Crippen LogP contribution in [0.5, 0.6) is 0 Å². The standard InChI is InChI=1S/C14H19FN4/c1-2-13(14-6-5-12(15)11-17-14)16-7-3-9-19-10-4-8-18-19/h4-6,8,10-11,13,16H,2-3,7,9H2,1H3. The summed E-state index contributed by atoms with van der Waals surface area (Å²) < 4.78 is 14.7. The molecule has 0 saturated carbocycles. The van der Waals surface area contributed by atoms with Gasteiger partial charge in [-0.15, -0.1) is 0 Å². The Balaban J connectivity index is 1.77. The first-order valence-corrected chi connectivity index (χ1v) is 6.62. The number of aromatic nitrogens is 3. The number of hydrogen-bond acceptors (Lipinski definition) is 3. The quantitative estimate of drug-likeness (QED) is 0.780. The van der Waals surface area contributed by atoms with Gasteiger partial charge in [0.05, 0.1) is 11.9 Å². The number of nitrogens with zero attached hydrogens (tertiary/aromatic N) is 3. The maximum Gasteiger partial charge on any atom is 0.141 e. The second-order valence-electron chi connectivity index (χ2n) is 4.44. The predicted octanol–water partition coefficient (Wildman–Crippen LogP) is 2.55. The van der Waals surface area contributed by atoms with E-state index in [-0.39, 0.29) is 11.9 Å². The van der Waals surface area contributed by atoms with E-state index in [2.05, 4.69) is 22.3 Å². The Morgan fingerprint density at radius 2 is 2.32 bits per heavy atom. The van der Waals surface area contributed by atoms with Crippen LogP contribution >= 0.6 is 0 Å². The molecule has 1 unspecified atom stereocenters. The van der Waals surface area contributed by atoms with E-state index in [0.717, 1.165) is 31.6 Å². The Bertz CT molecular complexity index is 467. The molecule has 4 nitrogen and oxygen atoms in total. The molecule has 2 rings (SSSR count). The highest BCUT2D eigenvalue weighted by Crippen LogP contribution is 2.13. The van der Waals surface area contributed by atoms with Crippen molar-refractivity contribution in [3.63, 3.8) is 0 Å². The van der Waals surface area contributed by atoms with Crippen molar-refractivity contribution in [3.8, 4) is 0 Å². The molecule has 5 heteroatoms. The maximum absolute atomic E-state index is 12.8. The van der Waals surface area contributed by atoms with Gasteiger partial charge in [-0.2, -0.15) is 5.10 Å². The molecule has 19 heavy (non-hydrogen) atoms. The molecular weight excluding hydrogens is 243 g/mol. The molecule has 0 spiro atoms. The first kappa shape index (κ1) is 13.7. The van der Waals surface area contributed by atoms with Crippen LogP contribution in [0.4, 0.5) is 4.39 Å². The van der Waals surface area contributed by atoms with Gasteiger partial charge in [-0.1, -0.05) is 6.92 Å². The molecule has 102 valence electrons. The lowest BCUT2D eigenvalue weighted by Gasteiger charge is -2.16. The van der Waals surface area contributed by atoms with Crippen molar-refractivity contribution in [1.82, 2.24) is 20.1 Å². The molecule has 0 aliphatic carbocycles. The second-order valence-corrected chi connectivity index (χ2v) is 4.44. The highest BCUT2D eigenvalue weighted by Gasteiger charge is 2.09. The van der Waals surface area contributed by atoms with Crippen LogP contribution in [-0.4, -0.2) is 21.3 Å². The minimum Gasteiger partial charge on any atom is -0.309 e. The molecular formula is C14H19FN4. The molecule has 0 fully saturated rings. The first-order valence-electron chi connectivity index (χ1n) is 6.62. The van der Waals surface area contributed by atoms with Crippen LogP contribution in [0.3, 0.4) is 0 Å². The zero-order chi connectivity index (χ0) is 13.5. The van der Waals surface area contributed by atoms with Crippen LogP contribution in [0.2, 0.25) is 0 Å². The molecule has 2 aromatic rings. The average molecular weight is 262 g/mol. The monoisotopic (exact) mass is 262 g/mol. The minimum atomic E-state index is -0.294. The molecule has 0 amide bonds. The Labute approximate surface area is 112 Å². The lowest BCUT2D eigenvalue weighted by molar-refractivity contribution is 0.471. The van der Waals surface area contributed by atoms with Crippen LogP contribution in [0.15, 0.2) is 36.8 Å². The molecule has 0 bridgehead atoms. The number of pyridine rings is 1. The fraction of sp³-hybridized carbons (Fsp3) is 0.429. The topological polar surface area (TPSA) is 42.7 Å². The Morgan fingerprint density at radius 1 is 1.42 bits per heavy atom. The van der Waals surface area contributed by atoms with E-state index in [1.807, 2.05) is 16.9 Å². The minimum absolute atomic E-state index is 0.179. The SMILES string of the molecule is CCC(NCCCn1cccn1)c1ccc(F)cn1. The molecule has 1 atom stereocenters. The van der Waals surface area contributed by atoms with Crippen LogP contribution in [0.1, 0.15) is 31.5 Å². The van der Waals surface area contributed by atoms with Gasteiger partial charge < -0.3 is 5.32 Å². The molecule has 2 heterocycles. The van der Waals surface area contributed by atoms with Crippen LogP contribution < -0.4 is 5.32 Å². The Morgan fingerprint density at radius 3 is 2.95 bits per heavy atom. The molecule has 0 saturated heterocycles. The van der Waals surface area contributed by atoms with Gasteiger partial charge in [0.1, 0.15) is 5.82 Å². The summed E-state index contributed by atoms with van der Waals surface area (Å²) in [6, 6.07) is 5.30.